The SMILES string of the molecule is O=C1c2ccccc2CN1C1NCCc2ccccc21. The van der Waals surface area contributed by atoms with E-state index in [2.05, 4.69) is 23.5 Å². The molecule has 2 heterocycles. The fraction of sp³-hybridized carbons (Fsp3) is 0.235. The van der Waals surface area contributed by atoms with Crippen molar-refractivity contribution in [2.24, 2.45) is 0 Å². The molecule has 2 aliphatic heterocycles. The molecule has 4 rings (SSSR count). The van der Waals surface area contributed by atoms with Gasteiger partial charge in [-0.15, -0.1) is 0 Å². The number of carbonyl (C=O) groups excluding carboxylic acids is 1. The minimum Gasteiger partial charge on any atom is -0.315 e. The van der Waals surface area contributed by atoms with E-state index in [1.54, 1.807) is 0 Å². The fourth-order valence-corrected chi connectivity index (χ4v) is 3.25. The third-order valence-corrected chi connectivity index (χ3v) is 4.24. The van der Waals surface area contributed by atoms with E-state index in [0.29, 0.717) is 6.54 Å². The highest BCUT2D eigenvalue weighted by Gasteiger charge is 2.34. The summed E-state index contributed by atoms with van der Waals surface area (Å²) in [5, 5.41) is 3.49. The van der Waals surface area contributed by atoms with E-state index in [9.17, 15) is 4.79 Å². The van der Waals surface area contributed by atoms with Gasteiger partial charge in [0.25, 0.3) is 5.91 Å². The highest BCUT2D eigenvalue weighted by atomic mass is 16.2. The van der Waals surface area contributed by atoms with Crippen molar-refractivity contribution in [3.63, 3.8) is 0 Å². The van der Waals surface area contributed by atoms with Crippen molar-refractivity contribution in [1.82, 2.24) is 10.2 Å². The molecular weight excluding hydrogens is 248 g/mol. The number of hydrogen-bond acceptors (Lipinski definition) is 2. The van der Waals surface area contributed by atoms with Gasteiger partial charge in [0, 0.05) is 18.7 Å². The number of fused-ring (bicyclic) bond motifs is 2. The number of hydrogen-bond donors (Lipinski definition) is 1. The van der Waals surface area contributed by atoms with Crippen molar-refractivity contribution in [2.75, 3.05) is 6.54 Å². The summed E-state index contributed by atoms with van der Waals surface area (Å²) in [5.41, 5.74) is 4.56. The van der Waals surface area contributed by atoms with Crippen molar-refractivity contribution in [3.8, 4) is 0 Å². The van der Waals surface area contributed by atoms with Gasteiger partial charge in [-0.1, -0.05) is 42.5 Å². The molecule has 0 bridgehead atoms. The Bertz CT molecular complexity index is 680. The average Bonchev–Trinajstić information content (AvgIpc) is 2.84. The molecule has 2 aromatic carbocycles. The van der Waals surface area contributed by atoms with Gasteiger partial charge < -0.3 is 4.90 Å². The Balaban J connectivity index is 1.73. The number of carbonyl (C=O) groups is 1. The van der Waals surface area contributed by atoms with E-state index in [1.807, 2.05) is 35.2 Å². The molecule has 0 saturated carbocycles. The molecule has 3 heteroatoms. The minimum absolute atomic E-state index is 0.000139. The van der Waals surface area contributed by atoms with Gasteiger partial charge in [0.2, 0.25) is 0 Å². The van der Waals surface area contributed by atoms with Crippen LogP contribution in [0, 0.1) is 0 Å². The monoisotopic (exact) mass is 264 g/mol. The maximum Gasteiger partial charge on any atom is 0.256 e. The molecule has 1 unspecified atom stereocenters. The van der Waals surface area contributed by atoms with Crippen molar-refractivity contribution in [3.05, 3.63) is 70.8 Å². The smallest absolute Gasteiger partial charge is 0.256 e. The van der Waals surface area contributed by atoms with Crippen LogP contribution in [0.3, 0.4) is 0 Å². The molecular formula is C17H16N2O. The first-order valence-electron chi connectivity index (χ1n) is 7.04. The molecule has 100 valence electrons. The first-order valence-corrected chi connectivity index (χ1v) is 7.04. The summed E-state index contributed by atoms with van der Waals surface area (Å²) >= 11 is 0. The first-order chi connectivity index (χ1) is 9.84. The molecule has 3 nitrogen and oxygen atoms in total. The summed E-state index contributed by atoms with van der Waals surface area (Å²) in [4.78, 5) is 14.5. The molecule has 1 amide bonds. The van der Waals surface area contributed by atoms with Gasteiger partial charge in [-0.05, 0) is 29.2 Å². The summed E-state index contributed by atoms with van der Waals surface area (Å²) in [6, 6.07) is 16.3. The normalized spacial score (nSPS) is 20.7. The van der Waals surface area contributed by atoms with Gasteiger partial charge >= 0.3 is 0 Å². The number of amides is 1. The molecule has 1 atom stereocenters. The molecule has 0 saturated heterocycles. The van der Waals surface area contributed by atoms with Gasteiger partial charge in [-0.3, -0.25) is 10.1 Å². The molecule has 0 spiro atoms. The van der Waals surface area contributed by atoms with Crippen molar-refractivity contribution < 1.29 is 4.79 Å². The van der Waals surface area contributed by atoms with Crippen LogP contribution in [-0.2, 0) is 13.0 Å². The summed E-state index contributed by atoms with van der Waals surface area (Å²) in [5.74, 6) is 0.134. The van der Waals surface area contributed by atoms with E-state index in [0.717, 1.165) is 24.1 Å². The number of rotatable bonds is 1. The standard InChI is InChI=1S/C17H16N2O/c20-17-15-8-4-2-6-13(15)11-19(17)16-14-7-3-1-5-12(14)9-10-18-16/h1-8,16,18H,9-11H2. The molecule has 1 N–H and O–H groups in total. The van der Waals surface area contributed by atoms with E-state index in [4.69, 9.17) is 0 Å². The Labute approximate surface area is 118 Å². The summed E-state index contributed by atoms with van der Waals surface area (Å²) in [7, 11) is 0. The number of nitrogens with zero attached hydrogens (tertiary/aromatic N) is 1. The van der Waals surface area contributed by atoms with E-state index >= 15 is 0 Å². The van der Waals surface area contributed by atoms with E-state index in [-0.39, 0.29) is 12.1 Å². The molecule has 0 radical (unpaired) electrons. The van der Waals surface area contributed by atoms with Crippen LogP contribution in [0.1, 0.15) is 33.2 Å². The highest BCUT2D eigenvalue weighted by molar-refractivity contribution is 5.98. The van der Waals surface area contributed by atoms with Crippen LogP contribution in [0.15, 0.2) is 48.5 Å². The van der Waals surface area contributed by atoms with E-state index in [1.165, 1.54) is 11.1 Å². The Hall–Kier alpha value is -2.13. The van der Waals surface area contributed by atoms with Crippen molar-refractivity contribution >= 4 is 5.91 Å². The minimum atomic E-state index is -0.000139. The van der Waals surface area contributed by atoms with Gasteiger partial charge in [-0.25, -0.2) is 0 Å². The third kappa shape index (κ3) is 1.67. The van der Waals surface area contributed by atoms with Crippen LogP contribution in [0.4, 0.5) is 0 Å². The third-order valence-electron chi connectivity index (χ3n) is 4.24. The topological polar surface area (TPSA) is 32.3 Å². The summed E-state index contributed by atoms with van der Waals surface area (Å²) in [6.45, 7) is 1.61. The Kier molecular flexibility index (Phi) is 2.60. The Morgan fingerprint density at radius 3 is 2.60 bits per heavy atom. The van der Waals surface area contributed by atoms with Gasteiger partial charge in [0.05, 0.1) is 0 Å². The van der Waals surface area contributed by atoms with Crippen LogP contribution < -0.4 is 5.32 Å². The zero-order chi connectivity index (χ0) is 13.5. The summed E-state index contributed by atoms with van der Waals surface area (Å²) < 4.78 is 0. The lowest BCUT2D eigenvalue weighted by molar-refractivity contribution is 0.0656. The second-order valence-electron chi connectivity index (χ2n) is 5.40. The first kappa shape index (κ1) is 11.7. The molecule has 0 aliphatic carbocycles. The second kappa shape index (κ2) is 4.46. The van der Waals surface area contributed by atoms with E-state index < -0.39 is 0 Å². The molecule has 0 aromatic heterocycles. The lowest BCUT2D eigenvalue weighted by atomic mass is 9.98. The molecule has 0 fully saturated rings. The summed E-state index contributed by atoms with van der Waals surface area (Å²) in [6.07, 6.45) is 1.03. The Morgan fingerprint density at radius 2 is 1.75 bits per heavy atom. The van der Waals surface area contributed by atoms with Crippen LogP contribution in [0.2, 0.25) is 0 Å². The molecule has 20 heavy (non-hydrogen) atoms. The van der Waals surface area contributed by atoms with Crippen molar-refractivity contribution in [1.29, 1.82) is 0 Å². The maximum absolute atomic E-state index is 12.6. The predicted octanol–water partition coefficient (Wildman–Crippen LogP) is 2.49. The van der Waals surface area contributed by atoms with Crippen molar-refractivity contribution in [2.45, 2.75) is 19.1 Å². The average molecular weight is 264 g/mol. The zero-order valence-electron chi connectivity index (χ0n) is 11.2. The van der Waals surface area contributed by atoms with Crippen LogP contribution in [0.25, 0.3) is 0 Å². The highest BCUT2D eigenvalue weighted by Crippen LogP contribution is 2.32. The van der Waals surface area contributed by atoms with Crippen LogP contribution >= 0.6 is 0 Å². The van der Waals surface area contributed by atoms with Gasteiger partial charge in [0.1, 0.15) is 6.17 Å². The second-order valence-corrected chi connectivity index (χ2v) is 5.40. The van der Waals surface area contributed by atoms with Gasteiger partial charge in [-0.2, -0.15) is 0 Å². The number of nitrogens with one attached hydrogen (secondary N) is 1. The maximum atomic E-state index is 12.6. The predicted molar refractivity (Wildman–Crippen MR) is 77.2 cm³/mol. The van der Waals surface area contributed by atoms with Gasteiger partial charge in [0.15, 0.2) is 0 Å². The van der Waals surface area contributed by atoms with Crippen LogP contribution in [-0.4, -0.2) is 17.4 Å². The zero-order valence-corrected chi connectivity index (χ0v) is 11.2. The molecule has 2 aromatic rings. The quantitative estimate of drug-likeness (QED) is 0.858. The largest absolute Gasteiger partial charge is 0.315 e. The lowest BCUT2D eigenvalue weighted by Crippen LogP contribution is -2.42. The fourth-order valence-electron chi connectivity index (χ4n) is 3.25. The number of benzene rings is 2. The molecule has 2 aliphatic rings. The lowest BCUT2D eigenvalue weighted by Gasteiger charge is -2.34. The van der Waals surface area contributed by atoms with Crippen LogP contribution in [0.5, 0.6) is 0 Å². The Morgan fingerprint density at radius 1 is 1.00 bits per heavy atom.